The van der Waals surface area contributed by atoms with E-state index in [4.69, 9.17) is 11.6 Å². The molecule has 0 spiro atoms. The summed E-state index contributed by atoms with van der Waals surface area (Å²) in [4.78, 5) is 27.1. The van der Waals surface area contributed by atoms with E-state index in [2.05, 4.69) is 15.5 Å². The number of nitrogens with one attached hydrogen (secondary N) is 1. The van der Waals surface area contributed by atoms with E-state index in [-0.39, 0.29) is 10.9 Å². The SMILES string of the molecule is Cc1cc(N2CCC(Nc3cnn(Cc4ccccc4)c(=O)c3Cl)C2=O)n(C)n1. The van der Waals surface area contributed by atoms with Gasteiger partial charge in [0.1, 0.15) is 16.9 Å². The zero-order chi connectivity index (χ0) is 20.5. The predicted molar refractivity (Wildman–Crippen MR) is 111 cm³/mol. The van der Waals surface area contributed by atoms with E-state index in [9.17, 15) is 9.59 Å². The number of benzene rings is 1. The molecule has 150 valence electrons. The summed E-state index contributed by atoms with van der Waals surface area (Å²) >= 11 is 6.30. The number of hydrogen-bond donors (Lipinski definition) is 1. The predicted octanol–water partition coefficient (Wildman–Crippen LogP) is 2.20. The highest BCUT2D eigenvalue weighted by Gasteiger charge is 2.34. The zero-order valence-electron chi connectivity index (χ0n) is 16.2. The van der Waals surface area contributed by atoms with Crippen LogP contribution in [0, 0.1) is 6.92 Å². The number of carbonyl (C=O) groups excluding carboxylic acids is 1. The van der Waals surface area contributed by atoms with Crippen molar-refractivity contribution in [3.05, 3.63) is 69.2 Å². The number of hydrogen-bond acceptors (Lipinski definition) is 5. The molecule has 1 aliphatic rings. The molecule has 0 saturated carbocycles. The van der Waals surface area contributed by atoms with Crippen molar-refractivity contribution < 1.29 is 4.79 Å². The lowest BCUT2D eigenvalue weighted by atomic mass is 10.2. The fourth-order valence-corrected chi connectivity index (χ4v) is 3.71. The van der Waals surface area contributed by atoms with Crippen LogP contribution in [0.2, 0.25) is 5.02 Å². The van der Waals surface area contributed by atoms with Gasteiger partial charge < -0.3 is 5.32 Å². The zero-order valence-corrected chi connectivity index (χ0v) is 16.9. The standard InChI is InChI=1S/C20H21ClN6O2/c1-13-10-17(25(2)24-13)26-9-8-15(19(26)28)23-16-11-22-27(20(29)18(16)21)12-14-6-4-3-5-7-14/h3-7,10-11,15,23H,8-9,12H2,1-2H3. The van der Waals surface area contributed by atoms with Gasteiger partial charge in [0, 0.05) is 19.7 Å². The number of nitrogens with zero attached hydrogens (tertiary/aromatic N) is 5. The van der Waals surface area contributed by atoms with Gasteiger partial charge in [0.05, 0.1) is 24.1 Å². The van der Waals surface area contributed by atoms with Crippen LogP contribution in [-0.2, 0) is 18.4 Å². The molecule has 2 aromatic heterocycles. The highest BCUT2D eigenvalue weighted by atomic mass is 35.5. The van der Waals surface area contributed by atoms with Gasteiger partial charge in [0.25, 0.3) is 11.5 Å². The first-order chi connectivity index (χ1) is 13.9. The van der Waals surface area contributed by atoms with Crippen molar-refractivity contribution in [2.45, 2.75) is 25.9 Å². The first kappa shape index (κ1) is 19.2. The number of carbonyl (C=O) groups is 1. The molecule has 0 bridgehead atoms. The molecular weight excluding hydrogens is 392 g/mol. The average molecular weight is 413 g/mol. The molecular formula is C20H21ClN6O2. The van der Waals surface area contributed by atoms with Crippen molar-refractivity contribution in [2.24, 2.45) is 7.05 Å². The van der Waals surface area contributed by atoms with Crippen molar-refractivity contribution >= 4 is 29.0 Å². The molecule has 1 aliphatic heterocycles. The van der Waals surface area contributed by atoms with E-state index < -0.39 is 11.6 Å². The molecule has 1 atom stereocenters. The molecule has 3 aromatic rings. The van der Waals surface area contributed by atoms with Crippen molar-refractivity contribution in [3.63, 3.8) is 0 Å². The van der Waals surface area contributed by atoms with Gasteiger partial charge in [0.2, 0.25) is 0 Å². The summed E-state index contributed by atoms with van der Waals surface area (Å²) in [6.45, 7) is 2.77. The lowest BCUT2D eigenvalue weighted by Crippen LogP contribution is -2.35. The number of aromatic nitrogens is 4. The van der Waals surface area contributed by atoms with Gasteiger partial charge >= 0.3 is 0 Å². The van der Waals surface area contributed by atoms with Gasteiger partial charge in [-0.25, -0.2) is 4.68 Å². The number of anilines is 2. The smallest absolute Gasteiger partial charge is 0.287 e. The van der Waals surface area contributed by atoms with E-state index >= 15 is 0 Å². The molecule has 1 aromatic carbocycles. The normalized spacial score (nSPS) is 16.4. The summed E-state index contributed by atoms with van der Waals surface area (Å²) in [5.41, 5.74) is 1.76. The molecule has 8 nitrogen and oxygen atoms in total. The van der Waals surface area contributed by atoms with Crippen LogP contribution in [0.15, 0.2) is 47.4 Å². The number of aryl methyl sites for hydroxylation is 2. The maximum absolute atomic E-state index is 12.9. The Balaban J connectivity index is 1.51. The molecule has 3 heterocycles. The van der Waals surface area contributed by atoms with E-state index in [1.165, 1.54) is 10.9 Å². The third-order valence-corrected chi connectivity index (χ3v) is 5.31. The summed E-state index contributed by atoms with van der Waals surface area (Å²) in [6.07, 6.45) is 2.09. The Hall–Kier alpha value is -3.13. The number of rotatable bonds is 5. The second-order valence-corrected chi connectivity index (χ2v) is 7.44. The Morgan fingerprint density at radius 2 is 2.00 bits per heavy atom. The summed E-state index contributed by atoms with van der Waals surface area (Å²) < 4.78 is 3.00. The second-order valence-electron chi connectivity index (χ2n) is 7.06. The van der Waals surface area contributed by atoms with Crippen LogP contribution < -0.4 is 15.8 Å². The summed E-state index contributed by atoms with van der Waals surface area (Å²) in [5.74, 6) is 0.664. The first-order valence-electron chi connectivity index (χ1n) is 9.32. The van der Waals surface area contributed by atoms with Gasteiger partial charge in [-0.3, -0.25) is 19.2 Å². The van der Waals surface area contributed by atoms with Crippen molar-refractivity contribution in [2.75, 3.05) is 16.8 Å². The monoisotopic (exact) mass is 412 g/mol. The molecule has 9 heteroatoms. The van der Waals surface area contributed by atoms with Crippen LogP contribution in [-0.4, -0.2) is 38.1 Å². The highest BCUT2D eigenvalue weighted by Crippen LogP contribution is 2.25. The lowest BCUT2D eigenvalue weighted by Gasteiger charge is -2.18. The summed E-state index contributed by atoms with van der Waals surface area (Å²) in [6, 6.07) is 10.9. The molecule has 1 amide bonds. The fourth-order valence-electron chi connectivity index (χ4n) is 3.51. The Kier molecular flexibility index (Phi) is 5.10. The van der Waals surface area contributed by atoms with Crippen LogP contribution in [0.1, 0.15) is 17.7 Å². The Morgan fingerprint density at radius 1 is 1.24 bits per heavy atom. The highest BCUT2D eigenvalue weighted by molar-refractivity contribution is 6.33. The Bertz CT molecular complexity index is 1110. The molecule has 1 N–H and O–H groups in total. The van der Waals surface area contributed by atoms with Crippen LogP contribution in [0.4, 0.5) is 11.5 Å². The number of amides is 1. The number of halogens is 1. The Morgan fingerprint density at radius 3 is 2.69 bits per heavy atom. The van der Waals surface area contributed by atoms with Gasteiger partial charge in [0.15, 0.2) is 0 Å². The third kappa shape index (κ3) is 3.75. The fraction of sp³-hybridized carbons (Fsp3) is 0.300. The minimum atomic E-state index is -0.478. The van der Waals surface area contributed by atoms with Crippen LogP contribution >= 0.6 is 11.6 Å². The summed E-state index contributed by atoms with van der Waals surface area (Å²) in [7, 11) is 1.81. The van der Waals surface area contributed by atoms with E-state index in [1.807, 2.05) is 50.4 Å². The minimum Gasteiger partial charge on any atom is -0.371 e. The molecule has 1 fully saturated rings. The van der Waals surface area contributed by atoms with Crippen LogP contribution in [0.3, 0.4) is 0 Å². The van der Waals surface area contributed by atoms with Crippen molar-refractivity contribution in [1.82, 2.24) is 19.6 Å². The molecule has 4 rings (SSSR count). The van der Waals surface area contributed by atoms with Crippen molar-refractivity contribution in [1.29, 1.82) is 0 Å². The lowest BCUT2D eigenvalue weighted by molar-refractivity contribution is -0.117. The Labute approximate surface area is 172 Å². The maximum Gasteiger partial charge on any atom is 0.287 e. The minimum absolute atomic E-state index is 0.0264. The van der Waals surface area contributed by atoms with Crippen LogP contribution in [0.25, 0.3) is 0 Å². The summed E-state index contributed by atoms with van der Waals surface area (Å²) in [5, 5.41) is 11.6. The van der Waals surface area contributed by atoms with E-state index in [0.29, 0.717) is 25.2 Å². The van der Waals surface area contributed by atoms with Gasteiger partial charge in [-0.1, -0.05) is 41.9 Å². The molecule has 29 heavy (non-hydrogen) atoms. The molecule has 0 aliphatic carbocycles. The maximum atomic E-state index is 12.9. The van der Waals surface area contributed by atoms with Gasteiger partial charge in [-0.05, 0) is 18.9 Å². The third-order valence-electron chi connectivity index (χ3n) is 4.95. The van der Waals surface area contributed by atoms with Gasteiger partial charge in [-0.2, -0.15) is 10.2 Å². The molecule has 0 radical (unpaired) electrons. The van der Waals surface area contributed by atoms with E-state index in [1.54, 1.807) is 9.58 Å². The second kappa shape index (κ2) is 7.71. The van der Waals surface area contributed by atoms with E-state index in [0.717, 1.165) is 17.1 Å². The quantitative estimate of drug-likeness (QED) is 0.694. The first-order valence-corrected chi connectivity index (χ1v) is 9.70. The average Bonchev–Trinajstić information content (AvgIpc) is 3.23. The van der Waals surface area contributed by atoms with Crippen molar-refractivity contribution in [3.8, 4) is 0 Å². The van der Waals surface area contributed by atoms with Gasteiger partial charge in [-0.15, -0.1) is 0 Å². The molecule has 1 unspecified atom stereocenters. The largest absolute Gasteiger partial charge is 0.371 e. The van der Waals surface area contributed by atoms with Crippen LogP contribution in [0.5, 0.6) is 0 Å². The molecule has 1 saturated heterocycles. The topological polar surface area (TPSA) is 85.0 Å².